The van der Waals surface area contributed by atoms with Crippen LogP contribution in [0.4, 0.5) is 0 Å². The van der Waals surface area contributed by atoms with Crippen LogP contribution in [-0.4, -0.2) is 19.4 Å². The minimum absolute atomic E-state index is 0.0960. The lowest BCUT2D eigenvalue weighted by Crippen LogP contribution is -2.30. The first-order chi connectivity index (χ1) is 6.66. The molecule has 0 radical (unpaired) electrons. The second-order valence-electron chi connectivity index (χ2n) is 3.75. The van der Waals surface area contributed by atoms with Gasteiger partial charge in [0.1, 0.15) is 0 Å². The Kier molecular flexibility index (Phi) is 4.29. The third kappa shape index (κ3) is 2.66. The maximum atomic E-state index is 12.0. The summed E-state index contributed by atoms with van der Waals surface area (Å²) in [6, 6.07) is 3.83. The van der Waals surface area contributed by atoms with Gasteiger partial charge in [0.2, 0.25) is 0 Å². The Morgan fingerprint density at radius 3 is 2.71 bits per heavy atom. The van der Waals surface area contributed by atoms with Crippen LogP contribution in [0.5, 0.6) is 0 Å². The van der Waals surface area contributed by atoms with Gasteiger partial charge in [-0.05, 0) is 24.4 Å². The maximum Gasteiger partial charge on any atom is 0.177 e. The lowest BCUT2D eigenvalue weighted by molar-refractivity contribution is 0.0890. The molecule has 0 amide bonds. The molecule has 2 nitrogen and oxygen atoms in total. The highest BCUT2D eigenvalue weighted by atomic mass is 32.1. The van der Waals surface area contributed by atoms with Crippen molar-refractivity contribution in [3.8, 4) is 0 Å². The lowest BCUT2D eigenvalue weighted by atomic mass is 9.91. The molecule has 1 heterocycles. The minimum atomic E-state index is 0.0960. The highest BCUT2D eigenvalue weighted by Gasteiger charge is 2.22. The van der Waals surface area contributed by atoms with E-state index in [1.165, 1.54) is 11.3 Å². The van der Waals surface area contributed by atoms with E-state index in [1.807, 2.05) is 24.6 Å². The van der Waals surface area contributed by atoms with Crippen molar-refractivity contribution in [3.05, 3.63) is 22.4 Å². The molecule has 78 valence electrons. The topological polar surface area (TPSA) is 29.1 Å². The molecule has 1 aromatic rings. The molecule has 1 N–H and O–H groups in total. The van der Waals surface area contributed by atoms with Crippen LogP contribution in [0, 0.1) is 11.8 Å². The summed E-state index contributed by atoms with van der Waals surface area (Å²) >= 11 is 1.53. The number of ketones is 1. The van der Waals surface area contributed by atoms with Gasteiger partial charge in [-0.1, -0.05) is 19.9 Å². The molecule has 1 unspecified atom stereocenters. The van der Waals surface area contributed by atoms with E-state index < -0.39 is 0 Å². The number of carbonyl (C=O) groups excluding carboxylic acids is 1. The molecule has 1 rings (SSSR count). The predicted octanol–water partition coefficient (Wildman–Crippen LogP) is 2.42. The van der Waals surface area contributed by atoms with Crippen LogP contribution < -0.4 is 5.32 Å². The van der Waals surface area contributed by atoms with Crippen LogP contribution in [-0.2, 0) is 0 Å². The van der Waals surface area contributed by atoms with Gasteiger partial charge in [-0.2, -0.15) is 0 Å². The van der Waals surface area contributed by atoms with Gasteiger partial charge in [0.05, 0.1) is 4.88 Å². The van der Waals surface area contributed by atoms with E-state index in [0.29, 0.717) is 5.92 Å². The normalized spacial score (nSPS) is 13.1. The molecule has 0 bridgehead atoms. The summed E-state index contributed by atoms with van der Waals surface area (Å²) in [4.78, 5) is 12.9. The predicted molar refractivity (Wildman–Crippen MR) is 60.9 cm³/mol. The Hall–Kier alpha value is -0.670. The number of hydrogen-bond donors (Lipinski definition) is 1. The van der Waals surface area contributed by atoms with Gasteiger partial charge >= 0.3 is 0 Å². The molecular weight excluding hydrogens is 194 g/mol. The van der Waals surface area contributed by atoms with Gasteiger partial charge in [-0.15, -0.1) is 11.3 Å². The number of nitrogens with one attached hydrogen (secondary N) is 1. The largest absolute Gasteiger partial charge is 0.319 e. The van der Waals surface area contributed by atoms with Crippen molar-refractivity contribution in [1.29, 1.82) is 0 Å². The Labute approximate surface area is 89.3 Å². The highest BCUT2D eigenvalue weighted by Crippen LogP contribution is 2.19. The van der Waals surface area contributed by atoms with Gasteiger partial charge in [0.15, 0.2) is 5.78 Å². The molecule has 0 saturated heterocycles. The molecule has 0 saturated carbocycles. The fourth-order valence-corrected chi connectivity index (χ4v) is 2.18. The van der Waals surface area contributed by atoms with Crippen LogP contribution in [0.15, 0.2) is 17.5 Å². The molecule has 14 heavy (non-hydrogen) atoms. The molecule has 0 aliphatic heterocycles. The van der Waals surface area contributed by atoms with Crippen molar-refractivity contribution < 1.29 is 4.79 Å². The average molecular weight is 211 g/mol. The first kappa shape index (κ1) is 11.4. The van der Waals surface area contributed by atoms with Gasteiger partial charge in [0, 0.05) is 12.5 Å². The first-order valence-electron chi connectivity index (χ1n) is 4.89. The van der Waals surface area contributed by atoms with Crippen LogP contribution in [0.1, 0.15) is 23.5 Å². The Balaban J connectivity index is 2.74. The zero-order valence-corrected chi connectivity index (χ0v) is 9.73. The smallest absolute Gasteiger partial charge is 0.177 e. The fraction of sp³-hybridized carbons (Fsp3) is 0.545. The van der Waals surface area contributed by atoms with Crippen molar-refractivity contribution in [2.24, 2.45) is 11.8 Å². The number of hydrogen-bond acceptors (Lipinski definition) is 3. The summed E-state index contributed by atoms with van der Waals surface area (Å²) in [6.07, 6.45) is 0. The lowest BCUT2D eigenvalue weighted by Gasteiger charge is -2.18. The van der Waals surface area contributed by atoms with E-state index in [0.717, 1.165) is 11.4 Å². The SMILES string of the molecule is CNCC(C(=O)c1cccs1)C(C)C. The fourth-order valence-electron chi connectivity index (χ4n) is 1.45. The summed E-state index contributed by atoms with van der Waals surface area (Å²) in [5.74, 6) is 0.750. The van der Waals surface area contributed by atoms with Crippen molar-refractivity contribution in [2.75, 3.05) is 13.6 Å². The van der Waals surface area contributed by atoms with Crippen molar-refractivity contribution >= 4 is 17.1 Å². The molecule has 0 aromatic carbocycles. The van der Waals surface area contributed by atoms with E-state index in [4.69, 9.17) is 0 Å². The molecule has 1 atom stereocenters. The monoisotopic (exact) mass is 211 g/mol. The van der Waals surface area contributed by atoms with Crippen LogP contribution in [0.25, 0.3) is 0 Å². The summed E-state index contributed by atoms with van der Waals surface area (Å²) < 4.78 is 0. The van der Waals surface area contributed by atoms with Gasteiger partial charge in [-0.25, -0.2) is 0 Å². The molecule has 3 heteroatoms. The van der Waals surface area contributed by atoms with Crippen molar-refractivity contribution in [3.63, 3.8) is 0 Å². The highest BCUT2D eigenvalue weighted by molar-refractivity contribution is 7.12. The third-order valence-corrected chi connectivity index (χ3v) is 3.21. The maximum absolute atomic E-state index is 12.0. The molecule has 0 aliphatic rings. The minimum Gasteiger partial charge on any atom is -0.319 e. The van der Waals surface area contributed by atoms with Crippen LogP contribution >= 0.6 is 11.3 Å². The Morgan fingerprint density at radius 2 is 2.29 bits per heavy atom. The van der Waals surface area contributed by atoms with E-state index >= 15 is 0 Å². The van der Waals surface area contributed by atoms with E-state index in [-0.39, 0.29) is 11.7 Å². The zero-order chi connectivity index (χ0) is 10.6. The molecule has 0 aliphatic carbocycles. The van der Waals surface area contributed by atoms with E-state index in [9.17, 15) is 4.79 Å². The molecule has 1 aromatic heterocycles. The summed E-state index contributed by atoms with van der Waals surface area (Å²) in [7, 11) is 1.89. The molecule has 0 spiro atoms. The number of rotatable bonds is 5. The Morgan fingerprint density at radius 1 is 1.57 bits per heavy atom. The summed E-state index contributed by atoms with van der Waals surface area (Å²) in [5.41, 5.74) is 0. The second-order valence-corrected chi connectivity index (χ2v) is 4.70. The summed E-state index contributed by atoms with van der Waals surface area (Å²) in [6.45, 7) is 4.94. The molecule has 0 fully saturated rings. The third-order valence-electron chi connectivity index (χ3n) is 2.33. The van der Waals surface area contributed by atoms with Crippen molar-refractivity contribution in [2.45, 2.75) is 13.8 Å². The van der Waals surface area contributed by atoms with Gasteiger partial charge in [-0.3, -0.25) is 4.79 Å². The quantitative estimate of drug-likeness (QED) is 0.758. The van der Waals surface area contributed by atoms with Crippen molar-refractivity contribution in [1.82, 2.24) is 5.32 Å². The van der Waals surface area contributed by atoms with E-state index in [1.54, 1.807) is 0 Å². The van der Waals surface area contributed by atoms with Gasteiger partial charge < -0.3 is 5.32 Å². The first-order valence-corrected chi connectivity index (χ1v) is 5.77. The van der Waals surface area contributed by atoms with Crippen LogP contribution in [0.3, 0.4) is 0 Å². The molecular formula is C11H17NOS. The number of Topliss-reactive ketones (excluding diaryl/α,β-unsaturated/α-hetero) is 1. The average Bonchev–Trinajstić information content (AvgIpc) is 2.65. The van der Waals surface area contributed by atoms with Gasteiger partial charge in [0.25, 0.3) is 0 Å². The van der Waals surface area contributed by atoms with Crippen LogP contribution in [0.2, 0.25) is 0 Å². The number of thiophene rings is 1. The van der Waals surface area contributed by atoms with E-state index in [2.05, 4.69) is 19.2 Å². The number of carbonyl (C=O) groups is 1. The summed E-state index contributed by atoms with van der Waals surface area (Å²) in [5, 5.41) is 5.02. The standard InChI is InChI=1S/C11H17NOS/c1-8(2)9(7-12-3)11(13)10-5-4-6-14-10/h4-6,8-9,12H,7H2,1-3H3. The zero-order valence-electron chi connectivity index (χ0n) is 8.91. The second kappa shape index (κ2) is 5.27. The Bertz CT molecular complexity index is 279.